The van der Waals surface area contributed by atoms with Crippen LogP contribution in [-0.4, -0.2) is 47.0 Å². The van der Waals surface area contributed by atoms with Crippen LogP contribution in [-0.2, 0) is 9.59 Å². The molecule has 0 spiro atoms. The summed E-state index contributed by atoms with van der Waals surface area (Å²) in [6.07, 6.45) is 0. The number of carbonyl (C=O) groups is 2. The van der Waals surface area contributed by atoms with Crippen LogP contribution in [0.25, 0.3) is 0 Å². The van der Waals surface area contributed by atoms with Gasteiger partial charge in [0, 0.05) is 13.5 Å². The van der Waals surface area contributed by atoms with Crippen molar-refractivity contribution in [1.82, 2.24) is 5.32 Å². The molecule has 0 aromatic rings. The summed E-state index contributed by atoms with van der Waals surface area (Å²) >= 11 is 0. The van der Waals surface area contributed by atoms with Crippen LogP contribution in [0.2, 0.25) is 0 Å². The fourth-order valence-corrected chi connectivity index (χ4v) is 0.274. The number of aliphatic hydroxyl groups excluding tert-OH is 1. The second-order valence-electron chi connectivity index (χ2n) is 1.81. The van der Waals surface area contributed by atoms with Crippen LogP contribution in [0, 0.1) is 0 Å². The van der Waals surface area contributed by atoms with Crippen molar-refractivity contribution in [3.63, 3.8) is 0 Å². The normalized spacial score (nSPS) is 8.17. The second-order valence-corrected chi connectivity index (χ2v) is 1.81. The van der Waals surface area contributed by atoms with E-state index in [0.29, 0.717) is 6.54 Å². The Bertz CT molecular complexity index is 132. The predicted octanol–water partition coefficient (Wildman–Crippen LogP) is -1.26. The molecule has 0 saturated carbocycles. The van der Waals surface area contributed by atoms with Crippen LogP contribution < -0.4 is 5.32 Å². The average molecular weight is 179 g/mol. The van der Waals surface area contributed by atoms with Gasteiger partial charge in [0.15, 0.2) is 0 Å². The lowest BCUT2D eigenvalue weighted by Crippen LogP contribution is -2.25. The molecule has 6 heteroatoms. The smallest absolute Gasteiger partial charge is 0.317 e. The molecule has 0 aliphatic rings. The Balaban J connectivity index is 0. The highest BCUT2D eigenvalue weighted by molar-refractivity contribution is 5.68. The van der Waals surface area contributed by atoms with Gasteiger partial charge >= 0.3 is 5.97 Å². The Morgan fingerprint density at radius 3 is 2.00 bits per heavy atom. The maximum atomic E-state index is 9.73. The molecule has 0 saturated heterocycles. The Morgan fingerprint density at radius 1 is 1.33 bits per heavy atom. The lowest BCUT2D eigenvalue weighted by Gasteiger charge is -1.93. The Labute approximate surface area is 69.8 Å². The van der Waals surface area contributed by atoms with Crippen molar-refractivity contribution < 1.29 is 24.9 Å². The number of nitrogens with one attached hydrogen (secondary N) is 1. The first-order chi connectivity index (χ1) is 5.50. The first-order valence-corrected chi connectivity index (χ1v) is 3.23. The van der Waals surface area contributed by atoms with Gasteiger partial charge in [0.25, 0.3) is 5.97 Å². The Kier molecular flexibility index (Phi) is 11.1. The summed E-state index contributed by atoms with van der Waals surface area (Å²) < 4.78 is 0. The monoisotopic (exact) mass is 179 g/mol. The molecule has 4 N–H and O–H groups in total. The molecule has 0 aromatic heterocycles. The first-order valence-electron chi connectivity index (χ1n) is 3.23. The van der Waals surface area contributed by atoms with Gasteiger partial charge in [-0.05, 0) is 0 Å². The summed E-state index contributed by atoms with van der Waals surface area (Å²) in [6, 6.07) is 0. The van der Waals surface area contributed by atoms with E-state index in [1.807, 2.05) is 0 Å². The van der Waals surface area contributed by atoms with E-state index in [-0.39, 0.29) is 13.2 Å². The van der Waals surface area contributed by atoms with Gasteiger partial charge in [0.05, 0.1) is 13.2 Å². The van der Waals surface area contributed by atoms with E-state index < -0.39 is 11.9 Å². The lowest BCUT2D eigenvalue weighted by atomic mass is 10.6. The third kappa shape index (κ3) is 36.7. The number of hydrogen-bond acceptors (Lipinski definition) is 4. The quantitative estimate of drug-likeness (QED) is 0.401. The summed E-state index contributed by atoms with van der Waals surface area (Å²) in [5.74, 6) is -1.74. The molecule has 12 heavy (non-hydrogen) atoms. The molecule has 0 fully saturated rings. The molecule has 0 aliphatic heterocycles. The van der Waals surface area contributed by atoms with E-state index >= 15 is 0 Å². The molecule has 0 aromatic carbocycles. The number of aliphatic hydroxyl groups is 1. The van der Waals surface area contributed by atoms with Crippen LogP contribution in [0.4, 0.5) is 0 Å². The van der Waals surface area contributed by atoms with Gasteiger partial charge in [-0.15, -0.1) is 0 Å². The molecule has 0 atom stereocenters. The standard InChI is InChI=1S/C4H9NO3.C2H4O2/c6-2-1-5-3-4(7)8;1-2(3)4/h5-6H,1-3H2,(H,7,8);1H3,(H,3,4). The topological polar surface area (TPSA) is 107 Å². The number of carboxylic acid groups (broad SMARTS) is 2. The first kappa shape index (κ1) is 13.4. The van der Waals surface area contributed by atoms with Crippen molar-refractivity contribution in [1.29, 1.82) is 0 Å². The minimum atomic E-state index is -0.904. The van der Waals surface area contributed by atoms with E-state index in [1.165, 1.54) is 0 Å². The van der Waals surface area contributed by atoms with E-state index in [4.69, 9.17) is 20.1 Å². The SMILES string of the molecule is CC(=O)O.O=C(O)CNCCO. The molecule has 0 bridgehead atoms. The minimum absolute atomic E-state index is 0.0206. The second kappa shape index (κ2) is 9.86. The van der Waals surface area contributed by atoms with Crippen molar-refractivity contribution in [2.24, 2.45) is 0 Å². The van der Waals surface area contributed by atoms with Crippen LogP contribution in [0.15, 0.2) is 0 Å². The summed E-state index contributed by atoms with van der Waals surface area (Å²) in [5.41, 5.74) is 0. The minimum Gasteiger partial charge on any atom is -0.481 e. The van der Waals surface area contributed by atoms with Crippen molar-refractivity contribution in [2.45, 2.75) is 6.92 Å². The highest BCUT2D eigenvalue weighted by atomic mass is 16.4. The molecule has 0 unspecified atom stereocenters. The summed E-state index contributed by atoms with van der Waals surface area (Å²) in [7, 11) is 0. The van der Waals surface area contributed by atoms with Crippen LogP contribution >= 0.6 is 0 Å². The number of aliphatic carboxylic acids is 2. The Hall–Kier alpha value is -1.14. The highest BCUT2D eigenvalue weighted by Crippen LogP contribution is 1.58. The van der Waals surface area contributed by atoms with E-state index in [0.717, 1.165) is 6.92 Å². The predicted molar refractivity (Wildman–Crippen MR) is 40.9 cm³/mol. The van der Waals surface area contributed by atoms with Crippen LogP contribution in [0.1, 0.15) is 6.92 Å². The zero-order chi connectivity index (χ0) is 9.98. The van der Waals surface area contributed by atoms with Gasteiger partial charge in [-0.3, -0.25) is 9.59 Å². The maximum Gasteiger partial charge on any atom is 0.317 e. The molecule has 72 valence electrons. The summed E-state index contributed by atoms with van der Waals surface area (Å²) in [6.45, 7) is 1.32. The van der Waals surface area contributed by atoms with Crippen molar-refractivity contribution in [3.8, 4) is 0 Å². The van der Waals surface area contributed by atoms with Crippen molar-refractivity contribution in [3.05, 3.63) is 0 Å². The fourth-order valence-electron chi connectivity index (χ4n) is 0.274. The van der Waals surface area contributed by atoms with Gasteiger partial charge in [-0.2, -0.15) is 0 Å². The van der Waals surface area contributed by atoms with Gasteiger partial charge in [-0.25, -0.2) is 0 Å². The van der Waals surface area contributed by atoms with Crippen LogP contribution in [0.3, 0.4) is 0 Å². The highest BCUT2D eigenvalue weighted by Gasteiger charge is 1.91. The van der Waals surface area contributed by atoms with E-state index in [9.17, 15) is 4.79 Å². The van der Waals surface area contributed by atoms with Gasteiger partial charge in [-0.1, -0.05) is 0 Å². The molecule has 6 nitrogen and oxygen atoms in total. The average Bonchev–Trinajstić information content (AvgIpc) is 1.86. The molecule has 0 amide bonds. The zero-order valence-corrected chi connectivity index (χ0v) is 6.78. The van der Waals surface area contributed by atoms with Crippen molar-refractivity contribution in [2.75, 3.05) is 19.7 Å². The fraction of sp³-hybridized carbons (Fsp3) is 0.667. The summed E-state index contributed by atoms with van der Waals surface area (Å²) in [4.78, 5) is 18.7. The third-order valence-electron chi connectivity index (χ3n) is 0.565. The molecular formula is C6H13NO5. The lowest BCUT2D eigenvalue weighted by molar-refractivity contribution is -0.136. The van der Waals surface area contributed by atoms with Gasteiger partial charge in [0.1, 0.15) is 0 Å². The number of rotatable bonds is 4. The largest absolute Gasteiger partial charge is 0.481 e. The maximum absolute atomic E-state index is 9.73. The van der Waals surface area contributed by atoms with E-state index in [1.54, 1.807) is 0 Å². The van der Waals surface area contributed by atoms with Gasteiger partial charge in [0.2, 0.25) is 0 Å². The van der Waals surface area contributed by atoms with Crippen molar-refractivity contribution >= 4 is 11.9 Å². The number of carboxylic acids is 2. The molecular weight excluding hydrogens is 166 g/mol. The molecule has 0 aliphatic carbocycles. The molecule has 0 rings (SSSR count). The Morgan fingerprint density at radius 2 is 1.75 bits per heavy atom. The summed E-state index contributed by atoms with van der Waals surface area (Å²) in [5, 5.41) is 26.0. The van der Waals surface area contributed by atoms with E-state index in [2.05, 4.69) is 5.32 Å². The molecule has 0 radical (unpaired) electrons. The number of hydrogen-bond donors (Lipinski definition) is 4. The molecule has 0 heterocycles. The van der Waals surface area contributed by atoms with Gasteiger partial charge < -0.3 is 20.6 Å². The third-order valence-corrected chi connectivity index (χ3v) is 0.565. The zero-order valence-electron chi connectivity index (χ0n) is 6.78. The van der Waals surface area contributed by atoms with Crippen LogP contribution in [0.5, 0.6) is 0 Å².